The molecule has 0 aliphatic carbocycles. The molecule has 1 aromatic rings. The fraction of sp³-hybridized carbons (Fsp3) is 0.575. The lowest BCUT2D eigenvalue weighted by molar-refractivity contribution is -0.145. The highest BCUT2D eigenvalue weighted by Crippen LogP contribution is 2.43. The van der Waals surface area contributed by atoms with Crippen LogP contribution in [0.15, 0.2) is 60.2 Å². The number of allylic oxidation sites excluding steroid dienone is 2. The van der Waals surface area contributed by atoms with Gasteiger partial charge in [-0.25, -0.2) is 15.0 Å². The standard InChI is InChI=1S/C40H59N7O11/c1-23(7-14-32-24(2)18-31(26(4)57-32)44-34(49)16-9-25(3)48)8-15-33-36(51)40(22-56-40)20-29(58-33)19-35(50)46-47-39(54)55-21-27-10-12-28(13-11-27)43-30(6-5-17-41)37(52)45-38(42)53/h7-13,15-16,24-26,29-33,36,43,48,51H,5-6,14,17-22,41H2,1-4H3,(H,44,49)(H,46,50)(H,47,54)(H3,42,45,52,53)/b15-8+,16-9-,23-7+/t24-,25-,26+,29+,30-,31+,32-,33+,36+,40+/m0/s1. The molecule has 18 nitrogen and oxygen atoms in total. The second-order valence-electron chi connectivity index (χ2n) is 15.2. The van der Waals surface area contributed by atoms with Crippen LogP contribution in [0.1, 0.15) is 71.8 Å². The second kappa shape index (κ2) is 21.8. The number of nitrogens with one attached hydrogen (secondary N) is 5. The maximum absolute atomic E-state index is 12.8. The van der Waals surface area contributed by atoms with E-state index in [2.05, 4.69) is 33.7 Å². The van der Waals surface area contributed by atoms with E-state index in [0.717, 1.165) is 12.0 Å². The molecule has 3 fully saturated rings. The number of benzene rings is 1. The van der Waals surface area contributed by atoms with E-state index in [9.17, 15) is 34.2 Å². The summed E-state index contributed by atoms with van der Waals surface area (Å²) in [7, 11) is 0. The maximum atomic E-state index is 12.8. The van der Waals surface area contributed by atoms with Crippen molar-refractivity contribution in [3.8, 4) is 0 Å². The van der Waals surface area contributed by atoms with Crippen molar-refractivity contribution in [2.24, 2.45) is 17.4 Å². The Morgan fingerprint density at radius 2 is 1.81 bits per heavy atom. The number of hydrogen-bond donors (Lipinski definition) is 9. The SMILES string of the molecule is CC(/C=C/[C@H]1O[C@H](CC(=O)NNC(=O)OCc2ccc(N[C@@H](CCCN)C(=O)NC(N)=O)cc2)C[C@@]2(CO2)[C@@H]1O)=C\C[C@@H]1O[C@H](C)[C@H](NC(=O)/C=C\[C@H](C)O)C[C@@H]1C. The van der Waals surface area contributed by atoms with Crippen LogP contribution in [0, 0.1) is 5.92 Å². The zero-order valence-electron chi connectivity index (χ0n) is 33.5. The number of carbonyl (C=O) groups excluding carboxylic acids is 5. The number of ether oxygens (including phenoxy) is 4. The average Bonchev–Trinajstić information content (AvgIpc) is 3.95. The summed E-state index contributed by atoms with van der Waals surface area (Å²) in [5.74, 6) is -1.20. The highest BCUT2D eigenvalue weighted by Gasteiger charge is 2.58. The first kappa shape index (κ1) is 45.8. The van der Waals surface area contributed by atoms with E-state index in [1.807, 2.05) is 26.0 Å². The Labute approximate surface area is 338 Å². The number of epoxide rings is 1. The van der Waals surface area contributed by atoms with E-state index in [0.29, 0.717) is 50.1 Å². The summed E-state index contributed by atoms with van der Waals surface area (Å²) in [4.78, 5) is 60.8. The van der Waals surface area contributed by atoms with Crippen molar-refractivity contribution in [3.05, 3.63) is 65.8 Å². The van der Waals surface area contributed by atoms with Crippen molar-refractivity contribution in [3.63, 3.8) is 0 Å². The molecule has 0 bridgehead atoms. The van der Waals surface area contributed by atoms with E-state index in [1.54, 1.807) is 37.3 Å². The molecule has 0 saturated carbocycles. The largest absolute Gasteiger partial charge is 0.443 e. The lowest BCUT2D eigenvalue weighted by atomic mass is 9.87. The molecule has 4 rings (SSSR count). The first-order valence-corrected chi connectivity index (χ1v) is 19.6. The van der Waals surface area contributed by atoms with E-state index < -0.39 is 60.0 Å². The number of hydrazine groups is 1. The normalized spacial score (nSPS) is 28.1. The van der Waals surface area contributed by atoms with Crippen molar-refractivity contribution < 1.29 is 53.1 Å². The molecule has 3 aliphatic heterocycles. The van der Waals surface area contributed by atoms with E-state index in [-0.39, 0.29) is 43.1 Å². The minimum atomic E-state index is -0.954. The number of carbonyl (C=O) groups is 5. The van der Waals surface area contributed by atoms with Gasteiger partial charge in [0.1, 0.15) is 30.5 Å². The molecule has 0 radical (unpaired) electrons. The molecule has 10 atom stereocenters. The number of urea groups is 1. The average molecular weight is 814 g/mol. The minimum Gasteiger partial charge on any atom is -0.443 e. The lowest BCUT2D eigenvalue weighted by Gasteiger charge is -2.39. The van der Waals surface area contributed by atoms with E-state index >= 15 is 0 Å². The molecule has 11 N–H and O–H groups in total. The molecule has 1 spiro atoms. The van der Waals surface area contributed by atoms with Crippen molar-refractivity contribution in [2.45, 2.75) is 127 Å². The van der Waals surface area contributed by atoms with E-state index in [1.165, 1.54) is 12.2 Å². The van der Waals surface area contributed by atoms with Crippen LogP contribution >= 0.6 is 0 Å². The van der Waals surface area contributed by atoms with Gasteiger partial charge in [-0.15, -0.1) is 0 Å². The summed E-state index contributed by atoms with van der Waals surface area (Å²) in [5.41, 5.74) is 16.5. The van der Waals surface area contributed by atoms with Crippen molar-refractivity contribution in [2.75, 3.05) is 18.5 Å². The third kappa shape index (κ3) is 14.5. The number of anilines is 1. The Morgan fingerprint density at radius 3 is 2.47 bits per heavy atom. The van der Waals surface area contributed by atoms with Gasteiger partial charge in [-0.05, 0) is 76.6 Å². The van der Waals surface area contributed by atoms with Crippen LogP contribution in [0.4, 0.5) is 15.3 Å². The Hall–Kier alpha value is -4.85. The molecule has 3 saturated heterocycles. The first-order chi connectivity index (χ1) is 27.6. The first-order valence-electron chi connectivity index (χ1n) is 19.6. The summed E-state index contributed by atoms with van der Waals surface area (Å²) >= 11 is 0. The Kier molecular flexibility index (Phi) is 17.2. The van der Waals surface area contributed by atoms with Crippen molar-refractivity contribution in [1.82, 2.24) is 21.5 Å². The molecule has 58 heavy (non-hydrogen) atoms. The fourth-order valence-electron chi connectivity index (χ4n) is 6.85. The maximum Gasteiger partial charge on any atom is 0.426 e. The molecular weight excluding hydrogens is 754 g/mol. The van der Waals surface area contributed by atoms with E-state index in [4.69, 9.17) is 30.4 Å². The number of imide groups is 1. The highest BCUT2D eigenvalue weighted by molar-refractivity contribution is 5.97. The predicted molar refractivity (Wildman–Crippen MR) is 212 cm³/mol. The summed E-state index contributed by atoms with van der Waals surface area (Å²) in [5, 5.41) is 28.5. The Morgan fingerprint density at radius 1 is 1.09 bits per heavy atom. The quantitative estimate of drug-likeness (QED) is 0.0467. The highest BCUT2D eigenvalue weighted by atomic mass is 16.6. The van der Waals surface area contributed by atoms with Crippen molar-refractivity contribution >= 4 is 35.5 Å². The van der Waals surface area contributed by atoms with Crippen LogP contribution in [0.5, 0.6) is 0 Å². The Bertz CT molecular complexity index is 1660. The third-order valence-electron chi connectivity index (χ3n) is 10.2. The topological polar surface area (TPSA) is 278 Å². The third-order valence-corrected chi connectivity index (χ3v) is 10.2. The Balaban J connectivity index is 1.20. The van der Waals surface area contributed by atoms with Gasteiger partial charge in [-0.2, -0.15) is 0 Å². The van der Waals surface area contributed by atoms with Crippen LogP contribution in [-0.2, 0) is 39.9 Å². The van der Waals surface area contributed by atoms with Gasteiger partial charge in [0.05, 0.1) is 43.5 Å². The van der Waals surface area contributed by atoms with Crippen LogP contribution in [0.25, 0.3) is 0 Å². The van der Waals surface area contributed by atoms with Gasteiger partial charge in [-0.1, -0.05) is 48.9 Å². The molecule has 1 aromatic carbocycles. The number of aliphatic hydroxyl groups is 2. The number of nitrogens with two attached hydrogens (primary N) is 2. The zero-order valence-corrected chi connectivity index (χ0v) is 33.5. The second-order valence-corrected chi connectivity index (χ2v) is 15.2. The smallest absolute Gasteiger partial charge is 0.426 e. The van der Waals surface area contributed by atoms with Crippen LogP contribution < -0.4 is 38.3 Å². The predicted octanol–water partition coefficient (Wildman–Crippen LogP) is 1.46. The van der Waals surface area contributed by atoms with Gasteiger partial charge in [0.2, 0.25) is 17.7 Å². The van der Waals surface area contributed by atoms with Crippen LogP contribution in [-0.4, -0.2) is 108 Å². The number of amides is 6. The van der Waals surface area contributed by atoms with Crippen LogP contribution in [0.3, 0.4) is 0 Å². The van der Waals surface area contributed by atoms with Gasteiger partial charge in [-0.3, -0.25) is 25.1 Å². The van der Waals surface area contributed by atoms with Gasteiger partial charge in [0.15, 0.2) is 0 Å². The number of aliphatic hydroxyl groups excluding tert-OH is 2. The summed E-state index contributed by atoms with van der Waals surface area (Å²) in [6, 6.07) is 4.88. The molecule has 18 heteroatoms. The number of primary amides is 1. The number of hydrogen-bond acceptors (Lipinski definition) is 13. The van der Waals surface area contributed by atoms with Gasteiger partial charge < -0.3 is 51.3 Å². The van der Waals surface area contributed by atoms with Gasteiger partial charge >= 0.3 is 12.1 Å². The molecule has 3 aliphatic rings. The molecule has 3 heterocycles. The zero-order chi connectivity index (χ0) is 42.4. The molecular formula is C40H59N7O11. The summed E-state index contributed by atoms with van der Waals surface area (Å²) < 4.78 is 23.2. The lowest BCUT2D eigenvalue weighted by Crippen LogP contribution is -2.51. The van der Waals surface area contributed by atoms with Gasteiger partial charge in [0, 0.05) is 18.2 Å². The molecule has 6 amide bonds. The molecule has 320 valence electrons. The monoisotopic (exact) mass is 813 g/mol. The summed E-state index contributed by atoms with van der Waals surface area (Å²) in [6.45, 7) is 8.12. The molecule has 0 aromatic heterocycles. The fourth-order valence-corrected chi connectivity index (χ4v) is 6.85. The van der Waals surface area contributed by atoms with Crippen molar-refractivity contribution in [1.29, 1.82) is 0 Å². The summed E-state index contributed by atoms with van der Waals surface area (Å²) in [6.07, 6.45) is 6.81. The number of rotatable bonds is 17. The van der Waals surface area contributed by atoms with Gasteiger partial charge in [0.25, 0.3) is 0 Å². The van der Waals surface area contributed by atoms with Crippen LogP contribution in [0.2, 0.25) is 0 Å². The molecule has 0 unspecified atom stereocenters. The minimum absolute atomic E-state index is 0.0539.